The molecule has 0 spiro atoms. The first kappa shape index (κ1) is 12.9. The minimum Gasteiger partial charge on any atom is -0.369 e. The highest BCUT2D eigenvalue weighted by molar-refractivity contribution is 5.97. The molecule has 1 saturated carbocycles. The zero-order chi connectivity index (χ0) is 14.1. The second-order valence-electron chi connectivity index (χ2n) is 5.49. The lowest BCUT2D eigenvalue weighted by Gasteiger charge is -2.16. The Kier molecular flexibility index (Phi) is 3.30. The van der Waals surface area contributed by atoms with E-state index in [1.54, 1.807) is 18.3 Å². The van der Waals surface area contributed by atoms with Gasteiger partial charge in [-0.25, -0.2) is 4.98 Å². The van der Waals surface area contributed by atoms with Crippen LogP contribution in [0.2, 0.25) is 0 Å². The summed E-state index contributed by atoms with van der Waals surface area (Å²) in [5.74, 6) is 0.515. The standard InChI is InChI=1S/C14H18N4O2/c15-13(20)11-2-1-5-16-14(11)17-7-9-6-12(19)18(8-9)10-3-4-10/h1-2,5,9-10H,3-4,6-8H2,(H2,15,20)(H,16,17). The van der Waals surface area contributed by atoms with Gasteiger partial charge >= 0.3 is 0 Å². The normalized spacial score (nSPS) is 22.1. The highest BCUT2D eigenvalue weighted by Crippen LogP contribution is 2.32. The van der Waals surface area contributed by atoms with Gasteiger partial charge in [0.2, 0.25) is 5.91 Å². The molecule has 0 aromatic carbocycles. The molecule has 2 heterocycles. The maximum absolute atomic E-state index is 11.9. The molecule has 1 aromatic rings. The highest BCUT2D eigenvalue weighted by atomic mass is 16.2. The van der Waals surface area contributed by atoms with E-state index in [2.05, 4.69) is 10.3 Å². The van der Waals surface area contributed by atoms with Crippen LogP contribution in [0.3, 0.4) is 0 Å². The largest absolute Gasteiger partial charge is 0.369 e. The second-order valence-corrected chi connectivity index (χ2v) is 5.49. The van der Waals surface area contributed by atoms with Gasteiger partial charge in [0.15, 0.2) is 0 Å². The maximum atomic E-state index is 11.9. The van der Waals surface area contributed by atoms with Crippen molar-refractivity contribution in [1.82, 2.24) is 9.88 Å². The third-order valence-corrected chi connectivity index (χ3v) is 3.86. The molecule has 1 aliphatic heterocycles. The average molecular weight is 274 g/mol. The van der Waals surface area contributed by atoms with Crippen molar-refractivity contribution in [3.05, 3.63) is 23.9 Å². The van der Waals surface area contributed by atoms with Crippen molar-refractivity contribution in [2.24, 2.45) is 11.7 Å². The third kappa shape index (κ3) is 2.59. The zero-order valence-electron chi connectivity index (χ0n) is 11.2. The van der Waals surface area contributed by atoms with Crippen LogP contribution in [0.5, 0.6) is 0 Å². The molecule has 1 aromatic heterocycles. The molecular weight excluding hydrogens is 256 g/mol. The number of nitrogens with two attached hydrogens (primary N) is 1. The summed E-state index contributed by atoms with van der Waals surface area (Å²) in [6.07, 6.45) is 4.46. The fraction of sp³-hybridized carbons (Fsp3) is 0.500. The van der Waals surface area contributed by atoms with Gasteiger partial charge in [0.25, 0.3) is 5.91 Å². The lowest BCUT2D eigenvalue weighted by molar-refractivity contribution is -0.128. The van der Waals surface area contributed by atoms with Crippen LogP contribution < -0.4 is 11.1 Å². The molecule has 20 heavy (non-hydrogen) atoms. The molecule has 3 rings (SSSR count). The summed E-state index contributed by atoms with van der Waals surface area (Å²) in [6, 6.07) is 3.80. The molecule has 6 nitrogen and oxygen atoms in total. The van der Waals surface area contributed by atoms with Gasteiger partial charge < -0.3 is 16.0 Å². The van der Waals surface area contributed by atoms with E-state index in [-0.39, 0.29) is 11.8 Å². The Labute approximate surface area is 117 Å². The predicted octanol–water partition coefficient (Wildman–Crippen LogP) is 0.603. The van der Waals surface area contributed by atoms with E-state index in [1.807, 2.05) is 4.90 Å². The Morgan fingerprint density at radius 2 is 2.30 bits per heavy atom. The monoisotopic (exact) mass is 274 g/mol. The first-order valence-corrected chi connectivity index (χ1v) is 6.93. The van der Waals surface area contributed by atoms with Crippen molar-refractivity contribution in [2.75, 3.05) is 18.4 Å². The molecule has 0 radical (unpaired) electrons. The Morgan fingerprint density at radius 3 is 3.00 bits per heavy atom. The number of hydrogen-bond acceptors (Lipinski definition) is 4. The molecule has 1 aliphatic carbocycles. The molecule has 1 saturated heterocycles. The van der Waals surface area contributed by atoms with Crippen molar-refractivity contribution < 1.29 is 9.59 Å². The molecule has 1 unspecified atom stereocenters. The number of anilines is 1. The smallest absolute Gasteiger partial charge is 0.252 e. The predicted molar refractivity (Wildman–Crippen MR) is 74.1 cm³/mol. The van der Waals surface area contributed by atoms with E-state index in [0.29, 0.717) is 30.4 Å². The molecule has 6 heteroatoms. The van der Waals surface area contributed by atoms with Gasteiger partial charge in [-0.15, -0.1) is 0 Å². The van der Waals surface area contributed by atoms with Crippen LogP contribution in [0.25, 0.3) is 0 Å². The van der Waals surface area contributed by atoms with E-state index in [4.69, 9.17) is 5.73 Å². The molecule has 2 aliphatic rings. The van der Waals surface area contributed by atoms with Crippen molar-refractivity contribution in [3.63, 3.8) is 0 Å². The van der Waals surface area contributed by atoms with Gasteiger partial charge in [0.1, 0.15) is 5.82 Å². The number of aromatic nitrogens is 1. The van der Waals surface area contributed by atoms with E-state index in [9.17, 15) is 9.59 Å². The van der Waals surface area contributed by atoms with Gasteiger partial charge in [-0.05, 0) is 25.0 Å². The van der Waals surface area contributed by atoms with Crippen LogP contribution in [0.15, 0.2) is 18.3 Å². The van der Waals surface area contributed by atoms with E-state index >= 15 is 0 Å². The zero-order valence-corrected chi connectivity index (χ0v) is 11.2. The van der Waals surface area contributed by atoms with Gasteiger partial charge in [-0.3, -0.25) is 9.59 Å². The van der Waals surface area contributed by atoms with Crippen LogP contribution in [0.1, 0.15) is 29.6 Å². The molecular formula is C14H18N4O2. The topological polar surface area (TPSA) is 88.3 Å². The number of pyridine rings is 1. The lowest BCUT2D eigenvalue weighted by atomic mass is 10.1. The molecule has 2 fully saturated rings. The number of hydrogen-bond donors (Lipinski definition) is 2. The Morgan fingerprint density at radius 1 is 1.50 bits per heavy atom. The highest BCUT2D eigenvalue weighted by Gasteiger charge is 2.39. The van der Waals surface area contributed by atoms with Crippen molar-refractivity contribution >= 4 is 17.6 Å². The first-order valence-electron chi connectivity index (χ1n) is 6.93. The van der Waals surface area contributed by atoms with E-state index in [1.165, 1.54) is 0 Å². The van der Waals surface area contributed by atoms with E-state index in [0.717, 1.165) is 19.4 Å². The first-order chi connectivity index (χ1) is 9.65. The Hall–Kier alpha value is -2.11. The van der Waals surface area contributed by atoms with Crippen LogP contribution in [-0.2, 0) is 4.79 Å². The molecule has 106 valence electrons. The summed E-state index contributed by atoms with van der Waals surface area (Å²) in [4.78, 5) is 29.3. The summed E-state index contributed by atoms with van der Waals surface area (Å²) >= 11 is 0. The Balaban J connectivity index is 1.60. The number of nitrogens with one attached hydrogen (secondary N) is 1. The molecule has 1 atom stereocenters. The van der Waals surface area contributed by atoms with Gasteiger partial charge in [-0.1, -0.05) is 0 Å². The number of carbonyl (C=O) groups is 2. The van der Waals surface area contributed by atoms with Crippen LogP contribution >= 0.6 is 0 Å². The number of carbonyl (C=O) groups excluding carboxylic acids is 2. The van der Waals surface area contributed by atoms with Gasteiger partial charge in [0, 0.05) is 37.7 Å². The van der Waals surface area contributed by atoms with Crippen molar-refractivity contribution in [3.8, 4) is 0 Å². The van der Waals surface area contributed by atoms with Crippen LogP contribution in [-0.4, -0.2) is 40.8 Å². The third-order valence-electron chi connectivity index (χ3n) is 3.86. The molecule has 2 amide bonds. The summed E-state index contributed by atoms with van der Waals surface area (Å²) in [5, 5.41) is 3.15. The fourth-order valence-corrected chi connectivity index (χ4v) is 2.67. The number of primary amides is 1. The average Bonchev–Trinajstić information content (AvgIpc) is 3.20. The summed E-state index contributed by atoms with van der Waals surface area (Å²) in [7, 11) is 0. The fourth-order valence-electron chi connectivity index (χ4n) is 2.67. The minimum absolute atomic E-state index is 0.246. The maximum Gasteiger partial charge on any atom is 0.252 e. The van der Waals surface area contributed by atoms with Gasteiger partial charge in [-0.2, -0.15) is 0 Å². The summed E-state index contributed by atoms with van der Waals surface area (Å²) < 4.78 is 0. The van der Waals surface area contributed by atoms with Crippen LogP contribution in [0.4, 0.5) is 5.82 Å². The quantitative estimate of drug-likeness (QED) is 0.823. The van der Waals surface area contributed by atoms with Crippen molar-refractivity contribution in [1.29, 1.82) is 0 Å². The number of rotatable bonds is 5. The molecule has 3 N–H and O–H groups in total. The van der Waals surface area contributed by atoms with Crippen molar-refractivity contribution in [2.45, 2.75) is 25.3 Å². The summed E-state index contributed by atoms with van der Waals surface area (Å²) in [5.41, 5.74) is 5.69. The van der Waals surface area contributed by atoms with Gasteiger partial charge in [0.05, 0.1) is 5.56 Å². The summed E-state index contributed by atoms with van der Waals surface area (Å²) in [6.45, 7) is 1.43. The lowest BCUT2D eigenvalue weighted by Crippen LogP contribution is -2.28. The second kappa shape index (κ2) is 5.11. The Bertz CT molecular complexity index is 542. The molecule has 0 bridgehead atoms. The number of amides is 2. The number of nitrogens with zero attached hydrogens (tertiary/aromatic N) is 2. The van der Waals surface area contributed by atoms with E-state index < -0.39 is 5.91 Å². The SMILES string of the molecule is NC(=O)c1cccnc1NCC1CC(=O)N(C2CC2)C1. The van der Waals surface area contributed by atoms with Crippen LogP contribution in [0, 0.1) is 5.92 Å². The minimum atomic E-state index is -0.497. The number of likely N-dealkylation sites (tertiary alicyclic amines) is 1.